The van der Waals surface area contributed by atoms with Gasteiger partial charge in [0.25, 0.3) is 11.8 Å². The zero-order valence-electron chi connectivity index (χ0n) is 17.0. The maximum atomic E-state index is 12.8. The highest BCUT2D eigenvalue weighted by atomic mass is 16.5. The van der Waals surface area contributed by atoms with E-state index >= 15 is 0 Å². The molecule has 3 rings (SSSR count). The van der Waals surface area contributed by atoms with Crippen molar-refractivity contribution in [3.05, 3.63) is 42.0 Å². The van der Waals surface area contributed by atoms with E-state index in [0.717, 1.165) is 6.42 Å². The van der Waals surface area contributed by atoms with Crippen molar-refractivity contribution in [2.45, 2.75) is 27.2 Å². The second kappa shape index (κ2) is 9.32. The Morgan fingerprint density at radius 1 is 1.07 bits per heavy atom. The van der Waals surface area contributed by atoms with Crippen molar-refractivity contribution in [2.24, 2.45) is 0 Å². The lowest BCUT2D eigenvalue weighted by Crippen LogP contribution is -2.39. The van der Waals surface area contributed by atoms with Crippen molar-refractivity contribution in [3.8, 4) is 17.2 Å². The van der Waals surface area contributed by atoms with Crippen molar-refractivity contribution >= 4 is 23.2 Å². The van der Waals surface area contributed by atoms with E-state index in [9.17, 15) is 9.59 Å². The molecule has 0 saturated heterocycles. The quantitative estimate of drug-likeness (QED) is 0.730. The van der Waals surface area contributed by atoms with Crippen LogP contribution in [0.15, 0.2) is 36.4 Å². The Balaban J connectivity index is 1.85. The molecule has 0 aromatic heterocycles. The molecule has 0 aliphatic carbocycles. The third-order valence-electron chi connectivity index (χ3n) is 4.37. The fourth-order valence-electron chi connectivity index (χ4n) is 3.15. The van der Waals surface area contributed by atoms with Crippen LogP contribution in [0.5, 0.6) is 17.2 Å². The first-order valence-corrected chi connectivity index (χ1v) is 9.85. The van der Waals surface area contributed by atoms with Crippen LogP contribution in [0, 0.1) is 0 Å². The molecular formula is C22H26N2O5. The van der Waals surface area contributed by atoms with Gasteiger partial charge in [0.05, 0.1) is 18.9 Å². The Morgan fingerprint density at radius 3 is 2.38 bits per heavy atom. The maximum Gasteiger partial charge on any atom is 0.265 e. The van der Waals surface area contributed by atoms with E-state index in [0.29, 0.717) is 53.9 Å². The van der Waals surface area contributed by atoms with Crippen molar-refractivity contribution in [1.29, 1.82) is 0 Å². The highest BCUT2D eigenvalue weighted by molar-refractivity contribution is 6.06. The number of benzene rings is 2. The molecule has 1 aliphatic rings. The van der Waals surface area contributed by atoms with E-state index < -0.39 is 0 Å². The van der Waals surface area contributed by atoms with E-state index in [1.54, 1.807) is 41.3 Å². The van der Waals surface area contributed by atoms with Gasteiger partial charge in [-0.2, -0.15) is 0 Å². The summed E-state index contributed by atoms with van der Waals surface area (Å²) in [5.74, 6) is 1.39. The number of amides is 2. The standard InChI is InChI=1S/C22H26N2O5/c1-4-9-24-19-12-16(7-8-20(19)29-14-21(24)25)23-22(26)15-10-17(27-5-2)13-18(11-15)28-6-3/h7-8,10-13H,4-6,9,14H2,1-3H3,(H,23,26). The summed E-state index contributed by atoms with van der Waals surface area (Å²) in [7, 11) is 0. The van der Waals surface area contributed by atoms with Crippen LogP contribution in [0.25, 0.3) is 0 Å². The van der Waals surface area contributed by atoms with Gasteiger partial charge in [-0.05, 0) is 50.6 Å². The Labute approximate surface area is 170 Å². The molecule has 2 aromatic carbocycles. The van der Waals surface area contributed by atoms with Crippen LogP contribution >= 0.6 is 0 Å². The van der Waals surface area contributed by atoms with Crippen LogP contribution in [0.4, 0.5) is 11.4 Å². The van der Waals surface area contributed by atoms with Gasteiger partial charge in [0.1, 0.15) is 17.2 Å². The Morgan fingerprint density at radius 2 is 1.76 bits per heavy atom. The monoisotopic (exact) mass is 398 g/mol. The van der Waals surface area contributed by atoms with Gasteiger partial charge in [-0.25, -0.2) is 0 Å². The molecule has 7 nitrogen and oxygen atoms in total. The molecule has 1 aliphatic heterocycles. The largest absolute Gasteiger partial charge is 0.494 e. The number of nitrogens with zero attached hydrogens (tertiary/aromatic N) is 1. The number of hydrogen-bond acceptors (Lipinski definition) is 5. The van der Waals surface area contributed by atoms with Gasteiger partial charge in [-0.3, -0.25) is 9.59 Å². The lowest BCUT2D eigenvalue weighted by atomic mass is 10.1. The summed E-state index contributed by atoms with van der Waals surface area (Å²) in [5.41, 5.74) is 1.67. The fraction of sp³-hybridized carbons (Fsp3) is 0.364. The topological polar surface area (TPSA) is 77.1 Å². The van der Waals surface area contributed by atoms with E-state index in [2.05, 4.69) is 5.32 Å². The van der Waals surface area contributed by atoms with Gasteiger partial charge in [-0.1, -0.05) is 6.92 Å². The lowest BCUT2D eigenvalue weighted by molar-refractivity contribution is -0.121. The van der Waals surface area contributed by atoms with E-state index in [1.165, 1.54) is 0 Å². The molecule has 0 atom stereocenters. The second-order valence-corrected chi connectivity index (χ2v) is 6.53. The normalized spacial score (nSPS) is 12.8. The van der Waals surface area contributed by atoms with Crippen LogP contribution < -0.4 is 24.4 Å². The molecular weight excluding hydrogens is 372 g/mol. The zero-order chi connectivity index (χ0) is 20.8. The number of nitrogens with one attached hydrogen (secondary N) is 1. The van der Waals surface area contributed by atoms with Crippen molar-refractivity contribution in [2.75, 3.05) is 36.6 Å². The summed E-state index contributed by atoms with van der Waals surface area (Å²) in [6, 6.07) is 10.4. The molecule has 0 bridgehead atoms. The minimum atomic E-state index is -0.294. The Bertz CT molecular complexity index is 873. The Hall–Kier alpha value is -3.22. The first-order chi connectivity index (χ1) is 14.0. The molecule has 0 unspecified atom stereocenters. The lowest BCUT2D eigenvalue weighted by Gasteiger charge is -2.29. The van der Waals surface area contributed by atoms with Crippen molar-refractivity contribution in [1.82, 2.24) is 0 Å². The zero-order valence-corrected chi connectivity index (χ0v) is 17.0. The molecule has 7 heteroatoms. The molecule has 0 fully saturated rings. The molecule has 2 aromatic rings. The predicted octanol–water partition coefficient (Wildman–Crippen LogP) is 3.87. The SMILES string of the molecule is CCCN1C(=O)COc2ccc(NC(=O)c3cc(OCC)cc(OCC)c3)cc21. The number of fused-ring (bicyclic) bond motifs is 1. The van der Waals surface area contributed by atoms with Gasteiger partial charge in [0.2, 0.25) is 0 Å². The third kappa shape index (κ3) is 4.80. The number of carbonyl (C=O) groups excluding carboxylic acids is 2. The summed E-state index contributed by atoms with van der Waals surface area (Å²) < 4.78 is 16.6. The summed E-state index contributed by atoms with van der Waals surface area (Å²) >= 11 is 0. The summed E-state index contributed by atoms with van der Waals surface area (Å²) in [5, 5.41) is 2.88. The van der Waals surface area contributed by atoms with Crippen molar-refractivity contribution in [3.63, 3.8) is 0 Å². The smallest absolute Gasteiger partial charge is 0.265 e. The first kappa shape index (κ1) is 20.5. The molecule has 154 valence electrons. The van der Waals surface area contributed by atoms with Gasteiger partial charge >= 0.3 is 0 Å². The molecule has 0 radical (unpaired) electrons. The van der Waals surface area contributed by atoms with Crippen LogP contribution in [-0.2, 0) is 4.79 Å². The number of anilines is 2. The molecule has 29 heavy (non-hydrogen) atoms. The highest BCUT2D eigenvalue weighted by Crippen LogP contribution is 2.35. The van der Waals surface area contributed by atoms with Gasteiger partial charge in [0, 0.05) is 23.9 Å². The minimum absolute atomic E-state index is 0.0309. The molecule has 1 N–H and O–H groups in total. The molecule has 2 amide bonds. The van der Waals surface area contributed by atoms with E-state index in [4.69, 9.17) is 14.2 Å². The third-order valence-corrected chi connectivity index (χ3v) is 4.37. The highest BCUT2D eigenvalue weighted by Gasteiger charge is 2.25. The number of hydrogen-bond donors (Lipinski definition) is 1. The Kier molecular flexibility index (Phi) is 6.59. The van der Waals surface area contributed by atoms with Crippen molar-refractivity contribution < 1.29 is 23.8 Å². The van der Waals surface area contributed by atoms with Crippen LogP contribution in [0.3, 0.4) is 0 Å². The van der Waals surface area contributed by atoms with E-state index in [-0.39, 0.29) is 18.4 Å². The minimum Gasteiger partial charge on any atom is -0.494 e. The van der Waals surface area contributed by atoms with Gasteiger partial charge in [0.15, 0.2) is 6.61 Å². The van der Waals surface area contributed by atoms with Crippen LogP contribution in [0.2, 0.25) is 0 Å². The number of carbonyl (C=O) groups is 2. The maximum absolute atomic E-state index is 12.8. The predicted molar refractivity (Wildman–Crippen MR) is 111 cm³/mol. The summed E-state index contributed by atoms with van der Waals surface area (Å²) in [6.07, 6.45) is 0.826. The average molecular weight is 398 g/mol. The van der Waals surface area contributed by atoms with Crippen LogP contribution in [-0.4, -0.2) is 38.2 Å². The van der Waals surface area contributed by atoms with Crippen LogP contribution in [0.1, 0.15) is 37.6 Å². The van der Waals surface area contributed by atoms with E-state index in [1.807, 2.05) is 20.8 Å². The summed E-state index contributed by atoms with van der Waals surface area (Å²) in [6.45, 7) is 7.38. The first-order valence-electron chi connectivity index (χ1n) is 9.85. The number of ether oxygens (including phenoxy) is 3. The average Bonchev–Trinajstić information content (AvgIpc) is 2.70. The number of rotatable bonds is 8. The molecule has 1 heterocycles. The molecule has 0 spiro atoms. The fourth-order valence-corrected chi connectivity index (χ4v) is 3.15. The van der Waals surface area contributed by atoms with Gasteiger partial charge in [-0.15, -0.1) is 0 Å². The molecule has 0 saturated carbocycles. The summed E-state index contributed by atoms with van der Waals surface area (Å²) in [4.78, 5) is 26.7. The van der Waals surface area contributed by atoms with Gasteiger partial charge < -0.3 is 24.4 Å². The second-order valence-electron chi connectivity index (χ2n) is 6.53.